The lowest BCUT2D eigenvalue weighted by molar-refractivity contribution is 0.151. The van der Waals surface area contributed by atoms with Crippen molar-refractivity contribution in [3.05, 3.63) is 29.8 Å². The van der Waals surface area contributed by atoms with E-state index in [0.29, 0.717) is 12.5 Å². The smallest absolute Gasteiger partial charge is 0.390 e. The Labute approximate surface area is 107 Å². The normalized spacial score (nSPS) is 12.7. The van der Waals surface area contributed by atoms with Crippen molar-refractivity contribution in [2.24, 2.45) is 0 Å². The third-order valence-electron chi connectivity index (χ3n) is 2.59. The molecule has 102 valence electrons. The van der Waals surface area contributed by atoms with Gasteiger partial charge in [0.05, 0.1) is 4.90 Å². The van der Waals surface area contributed by atoms with Crippen LogP contribution in [-0.2, 0) is 25.4 Å². The molecular formula is C10H16O6SSi. The molecule has 1 aromatic rings. The van der Waals surface area contributed by atoms with Crippen LogP contribution in [0.15, 0.2) is 29.2 Å². The fourth-order valence-electron chi connectivity index (χ4n) is 1.42. The van der Waals surface area contributed by atoms with Crippen LogP contribution in [0.4, 0.5) is 0 Å². The molecule has 2 N–H and O–H groups in total. The van der Waals surface area contributed by atoms with E-state index in [2.05, 4.69) is 0 Å². The summed E-state index contributed by atoms with van der Waals surface area (Å²) >= 11 is 0. The summed E-state index contributed by atoms with van der Waals surface area (Å²) in [7, 11) is -4.49. The van der Waals surface area contributed by atoms with Gasteiger partial charge < -0.3 is 13.6 Å². The van der Waals surface area contributed by atoms with E-state index in [1.54, 1.807) is 12.1 Å². The van der Waals surface area contributed by atoms with Gasteiger partial charge >= 0.3 is 8.80 Å². The molecule has 0 aliphatic heterocycles. The Bertz CT molecular complexity index is 480. The molecule has 0 aromatic heterocycles. The average molecular weight is 292 g/mol. The minimum atomic E-state index is -4.16. The Morgan fingerprint density at radius 2 is 1.67 bits per heavy atom. The zero-order valence-electron chi connectivity index (χ0n) is 10.2. The number of rotatable bonds is 6. The van der Waals surface area contributed by atoms with E-state index in [1.807, 2.05) is 0 Å². The SMILES string of the molecule is CO[Si](O)(CCc1ccc(S(=O)(=O)O)cc1)OC. The van der Waals surface area contributed by atoms with Crippen molar-refractivity contribution >= 4 is 18.9 Å². The van der Waals surface area contributed by atoms with E-state index in [4.69, 9.17) is 13.4 Å². The van der Waals surface area contributed by atoms with Gasteiger partial charge in [-0.25, -0.2) is 0 Å². The van der Waals surface area contributed by atoms with Crippen molar-refractivity contribution in [2.75, 3.05) is 14.2 Å². The topological polar surface area (TPSA) is 93.1 Å². The van der Waals surface area contributed by atoms with Crippen molar-refractivity contribution in [1.82, 2.24) is 0 Å². The van der Waals surface area contributed by atoms with Crippen molar-refractivity contribution in [3.63, 3.8) is 0 Å². The van der Waals surface area contributed by atoms with Crippen LogP contribution in [0.3, 0.4) is 0 Å². The molecule has 0 bridgehead atoms. The lowest BCUT2D eigenvalue weighted by Gasteiger charge is -2.19. The lowest BCUT2D eigenvalue weighted by Crippen LogP contribution is -2.40. The summed E-state index contributed by atoms with van der Waals surface area (Å²) in [5, 5.41) is 0. The maximum atomic E-state index is 10.8. The summed E-state index contributed by atoms with van der Waals surface area (Å²) < 4.78 is 40.3. The first-order valence-corrected chi connectivity index (χ1v) is 8.61. The molecule has 0 atom stereocenters. The summed E-state index contributed by atoms with van der Waals surface area (Å²) in [6.07, 6.45) is 0.496. The molecular weight excluding hydrogens is 276 g/mol. The van der Waals surface area contributed by atoms with Crippen molar-refractivity contribution < 1.29 is 26.6 Å². The van der Waals surface area contributed by atoms with Gasteiger partial charge in [-0.05, 0) is 24.1 Å². The van der Waals surface area contributed by atoms with Crippen LogP contribution in [-0.4, -0.2) is 40.8 Å². The fourth-order valence-corrected chi connectivity index (χ4v) is 3.08. The van der Waals surface area contributed by atoms with Gasteiger partial charge in [-0.3, -0.25) is 4.55 Å². The fraction of sp³-hybridized carbons (Fsp3) is 0.400. The number of hydrogen-bond donors (Lipinski definition) is 2. The van der Waals surface area contributed by atoms with Crippen LogP contribution in [0.25, 0.3) is 0 Å². The van der Waals surface area contributed by atoms with E-state index in [-0.39, 0.29) is 4.90 Å². The molecule has 0 aliphatic rings. The van der Waals surface area contributed by atoms with E-state index in [9.17, 15) is 13.2 Å². The Kier molecular flexibility index (Phi) is 5.02. The predicted octanol–water partition coefficient (Wildman–Crippen LogP) is 0.700. The molecule has 0 spiro atoms. The maximum Gasteiger partial charge on any atom is 0.498 e. The van der Waals surface area contributed by atoms with Crippen LogP contribution in [0, 0.1) is 0 Å². The van der Waals surface area contributed by atoms with Crippen LogP contribution in [0.1, 0.15) is 5.56 Å². The van der Waals surface area contributed by atoms with Crippen LogP contribution >= 0.6 is 0 Å². The second-order valence-electron chi connectivity index (χ2n) is 3.74. The maximum absolute atomic E-state index is 10.8. The second kappa shape index (κ2) is 5.91. The number of hydrogen-bond acceptors (Lipinski definition) is 5. The first-order chi connectivity index (χ1) is 8.30. The molecule has 0 fully saturated rings. The molecule has 0 radical (unpaired) electrons. The van der Waals surface area contributed by atoms with Gasteiger partial charge in [0, 0.05) is 20.3 Å². The Balaban J connectivity index is 2.71. The molecule has 1 aromatic carbocycles. The van der Waals surface area contributed by atoms with Crippen LogP contribution < -0.4 is 0 Å². The third kappa shape index (κ3) is 4.16. The first kappa shape index (κ1) is 15.3. The van der Waals surface area contributed by atoms with Gasteiger partial charge in [-0.1, -0.05) is 12.1 Å². The largest absolute Gasteiger partial charge is 0.498 e. The van der Waals surface area contributed by atoms with E-state index < -0.39 is 18.9 Å². The standard InChI is InChI=1S/C10H16O6SSi/c1-15-18(14,16-2)8-7-9-3-5-10(6-4-9)17(11,12)13/h3-6,14H,7-8H2,1-2H3,(H,11,12,13). The zero-order valence-corrected chi connectivity index (χ0v) is 12.0. The number of benzene rings is 1. The Morgan fingerprint density at radius 3 is 2.06 bits per heavy atom. The molecule has 0 heterocycles. The molecule has 0 saturated heterocycles. The number of aryl methyl sites for hydroxylation is 1. The molecule has 0 unspecified atom stereocenters. The lowest BCUT2D eigenvalue weighted by atomic mass is 10.2. The highest BCUT2D eigenvalue weighted by atomic mass is 32.2. The molecule has 0 amide bonds. The highest BCUT2D eigenvalue weighted by Crippen LogP contribution is 2.15. The predicted molar refractivity (Wildman–Crippen MR) is 66.8 cm³/mol. The summed E-state index contributed by atoms with van der Waals surface area (Å²) in [6, 6.07) is 6.10. The molecule has 0 saturated carbocycles. The van der Waals surface area contributed by atoms with Gasteiger partial charge in [0.25, 0.3) is 10.1 Å². The van der Waals surface area contributed by atoms with Crippen LogP contribution in [0.2, 0.25) is 6.04 Å². The molecule has 18 heavy (non-hydrogen) atoms. The Hall–Kier alpha value is -0.773. The van der Waals surface area contributed by atoms with E-state index in [0.717, 1.165) is 5.56 Å². The van der Waals surface area contributed by atoms with Gasteiger partial charge in [-0.2, -0.15) is 8.42 Å². The van der Waals surface area contributed by atoms with Gasteiger partial charge in [0.2, 0.25) is 0 Å². The van der Waals surface area contributed by atoms with Gasteiger partial charge in [0.1, 0.15) is 0 Å². The summed E-state index contributed by atoms with van der Waals surface area (Å²) in [4.78, 5) is 9.68. The molecule has 0 aliphatic carbocycles. The first-order valence-electron chi connectivity index (χ1n) is 5.20. The van der Waals surface area contributed by atoms with Crippen molar-refractivity contribution in [2.45, 2.75) is 17.4 Å². The molecule has 8 heteroatoms. The summed E-state index contributed by atoms with van der Waals surface area (Å²) in [6.45, 7) is 0. The quantitative estimate of drug-likeness (QED) is 0.592. The van der Waals surface area contributed by atoms with Crippen molar-refractivity contribution in [3.8, 4) is 0 Å². The minimum absolute atomic E-state index is 0.155. The summed E-state index contributed by atoms with van der Waals surface area (Å²) in [5.41, 5.74) is 0.822. The van der Waals surface area contributed by atoms with Crippen LogP contribution in [0.5, 0.6) is 0 Å². The van der Waals surface area contributed by atoms with Crippen molar-refractivity contribution in [1.29, 1.82) is 0 Å². The highest BCUT2D eigenvalue weighted by Gasteiger charge is 2.33. The molecule has 1 rings (SSSR count). The second-order valence-corrected chi connectivity index (χ2v) is 7.90. The van der Waals surface area contributed by atoms with E-state index in [1.165, 1.54) is 26.4 Å². The average Bonchev–Trinajstić information content (AvgIpc) is 2.35. The highest BCUT2D eigenvalue weighted by molar-refractivity contribution is 7.85. The van der Waals surface area contributed by atoms with E-state index >= 15 is 0 Å². The molecule has 6 nitrogen and oxygen atoms in total. The minimum Gasteiger partial charge on any atom is -0.390 e. The monoisotopic (exact) mass is 292 g/mol. The van der Waals surface area contributed by atoms with Gasteiger partial charge in [0.15, 0.2) is 0 Å². The Morgan fingerprint density at radius 1 is 1.17 bits per heavy atom. The summed E-state index contributed by atoms with van der Waals surface area (Å²) in [5.74, 6) is 0. The third-order valence-corrected chi connectivity index (χ3v) is 5.61. The van der Waals surface area contributed by atoms with Gasteiger partial charge in [-0.15, -0.1) is 0 Å². The zero-order chi connectivity index (χ0) is 13.8.